The van der Waals surface area contributed by atoms with Crippen LogP contribution < -0.4 is 16.0 Å². The van der Waals surface area contributed by atoms with Crippen LogP contribution in [0.3, 0.4) is 0 Å². The van der Waals surface area contributed by atoms with Crippen LogP contribution in [-0.4, -0.2) is 51.2 Å². The van der Waals surface area contributed by atoms with Crippen LogP contribution in [0.15, 0.2) is 23.7 Å². The minimum Gasteiger partial charge on any atom is -0.370 e. The highest BCUT2D eigenvalue weighted by atomic mass is 15.3. The Morgan fingerprint density at radius 1 is 1.23 bits per heavy atom. The van der Waals surface area contributed by atoms with E-state index in [2.05, 4.69) is 30.4 Å². The van der Waals surface area contributed by atoms with Crippen LogP contribution >= 0.6 is 0 Å². The predicted molar refractivity (Wildman–Crippen MR) is 102 cm³/mol. The Labute approximate surface area is 153 Å². The fourth-order valence-corrected chi connectivity index (χ4v) is 4.10. The molecule has 26 heavy (non-hydrogen) atoms. The molecule has 0 bridgehead atoms. The molecule has 1 aliphatic carbocycles. The van der Waals surface area contributed by atoms with Gasteiger partial charge in [-0.25, -0.2) is 4.98 Å². The van der Waals surface area contributed by atoms with Gasteiger partial charge in [0.15, 0.2) is 11.8 Å². The largest absolute Gasteiger partial charge is 0.370 e. The van der Waals surface area contributed by atoms with E-state index >= 15 is 0 Å². The number of aromatic nitrogens is 4. The number of nitrogens with zero attached hydrogens (tertiary/aromatic N) is 6. The minimum absolute atomic E-state index is 0.487. The van der Waals surface area contributed by atoms with Crippen molar-refractivity contribution in [3.8, 4) is 0 Å². The molecule has 4 rings (SSSR count). The second kappa shape index (κ2) is 7.88. The van der Waals surface area contributed by atoms with Crippen LogP contribution in [0, 0.1) is 5.92 Å². The van der Waals surface area contributed by atoms with E-state index in [1.54, 1.807) is 12.5 Å². The summed E-state index contributed by atoms with van der Waals surface area (Å²) in [6, 6.07) is 0.505. The SMILES string of the molecule is NC(=NCC1CCCN(c2nccn3cnnc23)C1)NC1CCCCC1. The fourth-order valence-electron chi connectivity index (χ4n) is 4.10. The lowest BCUT2D eigenvalue weighted by atomic mass is 9.96. The first-order valence-electron chi connectivity index (χ1n) is 9.75. The van der Waals surface area contributed by atoms with Gasteiger partial charge in [0.2, 0.25) is 5.65 Å². The van der Waals surface area contributed by atoms with E-state index in [0.717, 1.165) is 37.5 Å². The molecule has 3 N–H and O–H groups in total. The quantitative estimate of drug-likeness (QED) is 0.638. The third-order valence-electron chi connectivity index (χ3n) is 5.49. The highest BCUT2D eigenvalue weighted by Crippen LogP contribution is 2.24. The number of nitrogens with one attached hydrogen (secondary N) is 1. The molecule has 8 nitrogen and oxygen atoms in total. The standard InChI is InChI=1S/C18H28N8/c19-18(23-15-6-2-1-3-7-15)21-11-14-5-4-9-25(12-14)16-17-24-22-13-26(17)10-8-20-16/h8,10,13-15H,1-7,9,11-12H2,(H3,19,21,23). The number of fused-ring (bicyclic) bond motifs is 1. The summed E-state index contributed by atoms with van der Waals surface area (Å²) >= 11 is 0. The van der Waals surface area contributed by atoms with E-state index < -0.39 is 0 Å². The molecule has 1 saturated heterocycles. The first kappa shape index (κ1) is 17.1. The summed E-state index contributed by atoms with van der Waals surface area (Å²) in [5, 5.41) is 11.6. The van der Waals surface area contributed by atoms with Crippen molar-refractivity contribution in [3.05, 3.63) is 18.7 Å². The van der Waals surface area contributed by atoms with Gasteiger partial charge in [0.25, 0.3) is 0 Å². The molecule has 1 atom stereocenters. The lowest BCUT2D eigenvalue weighted by molar-refractivity contribution is 0.407. The lowest BCUT2D eigenvalue weighted by Gasteiger charge is -2.33. The number of aliphatic imine (C=N–C) groups is 1. The van der Waals surface area contributed by atoms with Crippen LogP contribution in [-0.2, 0) is 0 Å². The van der Waals surface area contributed by atoms with Crippen molar-refractivity contribution in [1.82, 2.24) is 24.9 Å². The summed E-state index contributed by atoms with van der Waals surface area (Å²) in [5.74, 6) is 2.00. The van der Waals surface area contributed by atoms with Crippen LogP contribution in [0.5, 0.6) is 0 Å². The molecule has 1 saturated carbocycles. The lowest BCUT2D eigenvalue weighted by Crippen LogP contribution is -2.42. The van der Waals surface area contributed by atoms with Crippen LogP contribution in [0.2, 0.25) is 0 Å². The van der Waals surface area contributed by atoms with Gasteiger partial charge >= 0.3 is 0 Å². The molecule has 0 spiro atoms. The summed E-state index contributed by atoms with van der Waals surface area (Å²) in [5.41, 5.74) is 6.93. The number of hydrogen-bond acceptors (Lipinski definition) is 5. The topological polar surface area (TPSA) is 96.7 Å². The third-order valence-corrected chi connectivity index (χ3v) is 5.49. The van der Waals surface area contributed by atoms with E-state index in [0.29, 0.717) is 17.9 Å². The van der Waals surface area contributed by atoms with Gasteiger partial charge in [0.1, 0.15) is 6.33 Å². The Balaban J connectivity index is 1.36. The maximum absolute atomic E-state index is 6.12. The molecule has 140 valence electrons. The van der Waals surface area contributed by atoms with Crippen molar-refractivity contribution in [2.45, 2.75) is 51.0 Å². The molecule has 2 aliphatic rings. The molecule has 8 heteroatoms. The molecule has 0 amide bonds. The van der Waals surface area contributed by atoms with Gasteiger partial charge < -0.3 is 16.0 Å². The molecule has 1 unspecified atom stereocenters. The van der Waals surface area contributed by atoms with E-state index in [4.69, 9.17) is 5.73 Å². The second-order valence-corrected chi connectivity index (χ2v) is 7.47. The Morgan fingerprint density at radius 2 is 2.12 bits per heavy atom. The first-order chi connectivity index (χ1) is 12.8. The number of hydrogen-bond donors (Lipinski definition) is 2. The van der Waals surface area contributed by atoms with E-state index in [-0.39, 0.29) is 0 Å². The fraction of sp³-hybridized carbons (Fsp3) is 0.667. The van der Waals surface area contributed by atoms with Crippen LogP contribution in [0.4, 0.5) is 5.82 Å². The smallest absolute Gasteiger partial charge is 0.203 e. The van der Waals surface area contributed by atoms with E-state index in [9.17, 15) is 0 Å². The molecule has 3 heterocycles. The van der Waals surface area contributed by atoms with Gasteiger partial charge in [0, 0.05) is 38.1 Å². The van der Waals surface area contributed by atoms with E-state index in [1.165, 1.54) is 38.5 Å². The van der Waals surface area contributed by atoms with Gasteiger partial charge in [0.05, 0.1) is 0 Å². The van der Waals surface area contributed by atoms with Crippen LogP contribution in [0.25, 0.3) is 5.65 Å². The molecule has 1 aliphatic heterocycles. The van der Waals surface area contributed by atoms with Gasteiger partial charge in [-0.2, -0.15) is 0 Å². The van der Waals surface area contributed by atoms with Gasteiger partial charge in [-0.3, -0.25) is 9.39 Å². The normalized spacial score (nSPS) is 22.7. The molecule has 2 aromatic rings. The number of anilines is 1. The zero-order valence-corrected chi connectivity index (χ0v) is 15.2. The maximum Gasteiger partial charge on any atom is 0.203 e. The van der Waals surface area contributed by atoms with Gasteiger partial charge in [-0.1, -0.05) is 19.3 Å². The highest BCUT2D eigenvalue weighted by Gasteiger charge is 2.23. The zero-order valence-electron chi connectivity index (χ0n) is 15.2. The Hall–Kier alpha value is -2.38. The predicted octanol–water partition coefficient (Wildman–Crippen LogP) is 1.58. The number of guanidine groups is 1. The van der Waals surface area contributed by atoms with Crippen molar-refractivity contribution in [3.63, 3.8) is 0 Å². The third kappa shape index (κ3) is 3.89. The molecular weight excluding hydrogens is 328 g/mol. The highest BCUT2D eigenvalue weighted by molar-refractivity contribution is 5.78. The summed E-state index contributed by atoms with van der Waals surface area (Å²) in [6.07, 6.45) is 14.1. The minimum atomic E-state index is 0.487. The van der Waals surface area contributed by atoms with Crippen molar-refractivity contribution >= 4 is 17.4 Å². The summed E-state index contributed by atoms with van der Waals surface area (Å²) in [4.78, 5) is 11.5. The Bertz CT molecular complexity index is 748. The second-order valence-electron chi connectivity index (χ2n) is 7.47. The number of nitrogens with two attached hydrogens (primary N) is 1. The van der Waals surface area contributed by atoms with Crippen molar-refractivity contribution < 1.29 is 0 Å². The van der Waals surface area contributed by atoms with Crippen molar-refractivity contribution in [2.75, 3.05) is 24.5 Å². The van der Waals surface area contributed by atoms with Gasteiger partial charge in [-0.05, 0) is 31.6 Å². The summed E-state index contributed by atoms with van der Waals surface area (Å²) in [6.45, 7) is 2.69. The van der Waals surface area contributed by atoms with Gasteiger partial charge in [-0.15, -0.1) is 10.2 Å². The Kier molecular flexibility index (Phi) is 5.17. The zero-order chi connectivity index (χ0) is 17.8. The molecule has 0 radical (unpaired) electrons. The summed E-state index contributed by atoms with van der Waals surface area (Å²) in [7, 11) is 0. The molecule has 2 aromatic heterocycles. The summed E-state index contributed by atoms with van der Waals surface area (Å²) < 4.78 is 1.91. The van der Waals surface area contributed by atoms with Crippen molar-refractivity contribution in [1.29, 1.82) is 0 Å². The Morgan fingerprint density at radius 3 is 3.00 bits per heavy atom. The molecule has 2 fully saturated rings. The average Bonchev–Trinajstić information content (AvgIpc) is 3.16. The molecule has 0 aromatic carbocycles. The molecular formula is C18H28N8. The number of piperidine rings is 1. The van der Waals surface area contributed by atoms with E-state index in [1.807, 2.05) is 10.6 Å². The first-order valence-corrected chi connectivity index (χ1v) is 9.75. The van der Waals surface area contributed by atoms with Crippen molar-refractivity contribution in [2.24, 2.45) is 16.6 Å². The average molecular weight is 356 g/mol. The monoisotopic (exact) mass is 356 g/mol. The maximum atomic E-state index is 6.12. The number of rotatable bonds is 4. The van der Waals surface area contributed by atoms with Crippen LogP contribution in [0.1, 0.15) is 44.9 Å².